The van der Waals surface area contributed by atoms with E-state index < -0.39 is 9.84 Å². The standard InChI is InChI=1S/C18H22N2O3S/c1-14-11-17(13-19(2)18(14)21)16-5-3-15(4-6-16)12-20-7-9-24(22,23)10-8-20/h3-6,11,13H,7-10,12H2,1-2H3. The Kier molecular flexibility index (Phi) is 4.60. The molecular weight excluding hydrogens is 324 g/mol. The monoisotopic (exact) mass is 346 g/mol. The van der Waals surface area contributed by atoms with Crippen molar-refractivity contribution in [2.75, 3.05) is 24.6 Å². The predicted molar refractivity (Wildman–Crippen MR) is 95.8 cm³/mol. The fraction of sp³-hybridized carbons (Fsp3) is 0.389. The molecule has 24 heavy (non-hydrogen) atoms. The van der Waals surface area contributed by atoms with Gasteiger partial charge in [-0.15, -0.1) is 0 Å². The molecule has 0 radical (unpaired) electrons. The second-order valence-corrected chi connectivity index (χ2v) is 8.76. The first-order valence-electron chi connectivity index (χ1n) is 8.03. The lowest BCUT2D eigenvalue weighted by molar-refractivity contribution is 0.287. The minimum absolute atomic E-state index is 0.0235. The maximum Gasteiger partial charge on any atom is 0.253 e. The summed E-state index contributed by atoms with van der Waals surface area (Å²) in [7, 11) is -1.07. The highest BCUT2D eigenvalue weighted by atomic mass is 32.2. The molecule has 2 heterocycles. The van der Waals surface area contributed by atoms with E-state index in [2.05, 4.69) is 29.2 Å². The van der Waals surface area contributed by atoms with Gasteiger partial charge in [-0.25, -0.2) is 8.42 Å². The van der Waals surface area contributed by atoms with Crippen molar-refractivity contribution in [1.29, 1.82) is 0 Å². The van der Waals surface area contributed by atoms with E-state index in [1.54, 1.807) is 11.6 Å². The average Bonchev–Trinajstić information content (AvgIpc) is 2.55. The van der Waals surface area contributed by atoms with E-state index in [9.17, 15) is 13.2 Å². The summed E-state index contributed by atoms with van der Waals surface area (Å²) >= 11 is 0. The van der Waals surface area contributed by atoms with E-state index in [1.165, 1.54) is 5.56 Å². The van der Waals surface area contributed by atoms with Crippen LogP contribution < -0.4 is 5.56 Å². The van der Waals surface area contributed by atoms with Gasteiger partial charge in [0.05, 0.1) is 11.5 Å². The Balaban J connectivity index is 1.73. The number of sulfone groups is 1. The maximum atomic E-state index is 11.8. The molecule has 1 aromatic heterocycles. The van der Waals surface area contributed by atoms with Crippen molar-refractivity contribution in [3.63, 3.8) is 0 Å². The van der Waals surface area contributed by atoms with Gasteiger partial charge in [0, 0.05) is 38.4 Å². The highest BCUT2D eigenvalue weighted by molar-refractivity contribution is 7.91. The molecule has 0 saturated carbocycles. The predicted octanol–water partition coefficient (Wildman–Crippen LogP) is 1.59. The minimum atomic E-state index is -2.83. The van der Waals surface area contributed by atoms with E-state index in [0.29, 0.717) is 13.1 Å². The van der Waals surface area contributed by atoms with Crippen molar-refractivity contribution < 1.29 is 8.42 Å². The van der Waals surface area contributed by atoms with E-state index in [0.717, 1.165) is 23.2 Å². The zero-order valence-corrected chi connectivity index (χ0v) is 14.8. The van der Waals surface area contributed by atoms with Crippen molar-refractivity contribution in [1.82, 2.24) is 9.47 Å². The molecule has 0 atom stereocenters. The number of benzene rings is 1. The van der Waals surface area contributed by atoms with Crippen LogP contribution in [0.25, 0.3) is 11.1 Å². The molecule has 0 bridgehead atoms. The normalized spacial score (nSPS) is 17.8. The van der Waals surface area contributed by atoms with Crippen molar-refractivity contribution >= 4 is 9.84 Å². The molecule has 0 aliphatic carbocycles. The van der Waals surface area contributed by atoms with Crippen LogP contribution in [0.15, 0.2) is 41.3 Å². The first-order valence-corrected chi connectivity index (χ1v) is 9.85. The molecule has 128 valence electrons. The number of aryl methyl sites for hydroxylation is 2. The van der Waals surface area contributed by atoms with Crippen molar-refractivity contribution in [3.8, 4) is 11.1 Å². The lowest BCUT2D eigenvalue weighted by atomic mass is 10.0. The van der Waals surface area contributed by atoms with Gasteiger partial charge < -0.3 is 4.57 Å². The number of hydrogen-bond donors (Lipinski definition) is 0. The number of pyridine rings is 1. The number of aromatic nitrogens is 1. The van der Waals surface area contributed by atoms with Crippen LogP contribution in [0.5, 0.6) is 0 Å². The molecule has 1 fully saturated rings. The number of nitrogens with zero attached hydrogens (tertiary/aromatic N) is 2. The first-order chi connectivity index (χ1) is 11.3. The van der Waals surface area contributed by atoms with Gasteiger partial charge in [-0.1, -0.05) is 24.3 Å². The summed E-state index contributed by atoms with van der Waals surface area (Å²) in [6, 6.07) is 10.1. The lowest BCUT2D eigenvalue weighted by Gasteiger charge is -2.26. The van der Waals surface area contributed by atoms with E-state index in [4.69, 9.17) is 0 Å². The maximum absolute atomic E-state index is 11.8. The van der Waals surface area contributed by atoms with Crippen molar-refractivity contribution in [3.05, 3.63) is 58.0 Å². The van der Waals surface area contributed by atoms with Gasteiger partial charge in [0.15, 0.2) is 9.84 Å². The van der Waals surface area contributed by atoms with Crippen LogP contribution in [0.4, 0.5) is 0 Å². The highest BCUT2D eigenvalue weighted by Gasteiger charge is 2.21. The summed E-state index contributed by atoms with van der Waals surface area (Å²) < 4.78 is 24.6. The fourth-order valence-electron chi connectivity index (χ4n) is 3.00. The van der Waals surface area contributed by atoms with Gasteiger partial charge in [-0.2, -0.15) is 0 Å². The molecule has 0 amide bonds. The van der Waals surface area contributed by atoms with E-state index in [-0.39, 0.29) is 17.1 Å². The SMILES string of the molecule is Cc1cc(-c2ccc(CN3CCS(=O)(=O)CC3)cc2)cn(C)c1=O. The zero-order valence-electron chi connectivity index (χ0n) is 14.0. The molecule has 1 aliphatic heterocycles. The molecule has 0 spiro atoms. The van der Waals surface area contributed by atoms with E-state index >= 15 is 0 Å². The Morgan fingerprint density at radius 3 is 2.25 bits per heavy atom. The second-order valence-electron chi connectivity index (χ2n) is 6.45. The Bertz CT molecular complexity index is 859. The average molecular weight is 346 g/mol. The van der Waals surface area contributed by atoms with Gasteiger partial charge in [-0.05, 0) is 29.7 Å². The van der Waals surface area contributed by atoms with Crippen LogP contribution >= 0.6 is 0 Å². The fourth-order valence-corrected chi connectivity index (χ4v) is 4.28. The summed E-state index contributed by atoms with van der Waals surface area (Å²) in [4.78, 5) is 14.0. The van der Waals surface area contributed by atoms with Gasteiger partial charge in [0.2, 0.25) is 0 Å². The molecule has 6 heteroatoms. The zero-order chi connectivity index (χ0) is 17.3. The largest absolute Gasteiger partial charge is 0.318 e. The molecule has 1 saturated heterocycles. The topological polar surface area (TPSA) is 59.4 Å². The molecule has 0 unspecified atom stereocenters. The van der Waals surface area contributed by atoms with Gasteiger partial charge >= 0.3 is 0 Å². The third-order valence-corrected chi connectivity index (χ3v) is 6.10. The third kappa shape index (κ3) is 3.76. The molecular formula is C18H22N2O3S. The summed E-state index contributed by atoms with van der Waals surface area (Å²) in [6.45, 7) is 3.79. The Morgan fingerprint density at radius 1 is 1.04 bits per heavy atom. The summed E-state index contributed by atoms with van der Waals surface area (Å²) in [5.74, 6) is 0.505. The minimum Gasteiger partial charge on any atom is -0.318 e. The summed E-state index contributed by atoms with van der Waals surface area (Å²) in [5, 5.41) is 0. The van der Waals surface area contributed by atoms with Crippen LogP contribution in [-0.2, 0) is 23.4 Å². The molecule has 1 aliphatic rings. The van der Waals surface area contributed by atoms with Crippen molar-refractivity contribution in [2.45, 2.75) is 13.5 Å². The Labute approximate surface area is 142 Å². The summed E-state index contributed by atoms with van der Waals surface area (Å²) in [5.41, 5.74) is 4.01. The molecule has 3 rings (SSSR count). The third-order valence-electron chi connectivity index (χ3n) is 4.49. The van der Waals surface area contributed by atoms with Gasteiger partial charge in [0.25, 0.3) is 5.56 Å². The lowest BCUT2D eigenvalue weighted by Crippen LogP contribution is -2.39. The van der Waals surface area contributed by atoms with Gasteiger partial charge in [-0.3, -0.25) is 9.69 Å². The smallest absolute Gasteiger partial charge is 0.253 e. The molecule has 0 N–H and O–H groups in total. The Hall–Kier alpha value is -1.92. The van der Waals surface area contributed by atoms with Crippen LogP contribution in [0.2, 0.25) is 0 Å². The molecule has 1 aromatic carbocycles. The van der Waals surface area contributed by atoms with Crippen LogP contribution in [0.1, 0.15) is 11.1 Å². The van der Waals surface area contributed by atoms with Crippen LogP contribution in [-0.4, -0.2) is 42.5 Å². The Morgan fingerprint density at radius 2 is 1.67 bits per heavy atom. The summed E-state index contributed by atoms with van der Waals surface area (Å²) in [6.07, 6.45) is 1.85. The highest BCUT2D eigenvalue weighted by Crippen LogP contribution is 2.20. The van der Waals surface area contributed by atoms with Crippen LogP contribution in [0.3, 0.4) is 0 Å². The number of rotatable bonds is 3. The molecule has 5 nitrogen and oxygen atoms in total. The van der Waals surface area contributed by atoms with Gasteiger partial charge in [0.1, 0.15) is 0 Å². The quantitative estimate of drug-likeness (QED) is 0.847. The molecule has 2 aromatic rings. The van der Waals surface area contributed by atoms with E-state index in [1.807, 2.05) is 19.2 Å². The second kappa shape index (κ2) is 6.53. The van der Waals surface area contributed by atoms with Crippen molar-refractivity contribution in [2.24, 2.45) is 7.05 Å². The van der Waals surface area contributed by atoms with Crippen LogP contribution in [0, 0.1) is 6.92 Å². The number of hydrogen-bond acceptors (Lipinski definition) is 4. The first kappa shape index (κ1) is 16.9.